The number of thiophene rings is 1. The molecule has 2 amide bonds. The topological polar surface area (TPSA) is 91.6 Å². The van der Waals surface area contributed by atoms with Crippen molar-refractivity contribution in [3.63, 3.8) is 0 Å². The number of hydrogen-bond acceptors (Lipinski definition) is 5. The van der Waals surface area contributed by atoms with Gasteiger partial charge in [-0.1, -0.05) is 0 Å². The van der Waals surface area contributed by atoms with Crippen LogP contribution in [0.1, 0.15) is 50.6 Å². The van der Waals surface area contributed by atoms with Gasteiger partial charge in [0.25, 0.3) is 11.8 Å². The fourth-order valence-electron chi connectivity index (χ4n) is 4.08. The Kier molecular flexibility index (Phi) is 5.11. The van der Waals surface area contributed by atoms with Gasteiger partial charge in [-0.25, -0.2) is 4.79 Å². The second-order valence-corrected chi connectivity index (χ2v) is 9.01. The van der Waals surface area contributed by atoms with E-state index in [-0.39, 0.29) is 10.7 Å². The summed E-state index contributed by atoms with van der Waals surface area (Å²) < 4.78 is 1.92. The van der Waals surface area contributed by atoms with Crippen molar-refractivity contribution in [1.82, 2.24) is 14.8 Å². The summed E-state index contributed by atoms with van der Waals surface area (Å²) in [7, 11) is 1.51. The molecule has 0 aromatic carbocycles. The Bertz CT molecular complexity index is 1160. The molecule has 156 valence electrons. The Hall–Kier alpha value is -2.78. The lowest BCUT2D eigenvalue weighted by Gasteiger charge is -2.25. The van der Waals surface area contributed by atoms with Gasteiger partial charge >= 0.3 is 5.97 Å². The van der Waals surface area contributed by atoms with Crippen molar-refractivity contribution in [2.45, 2.75) is 39.5 Å². The van der Waals surface area contributed by atoms with Gasteiger partial charge in [-0.3, -0.25) is 19.8 Å². The summed E-state index contributed by atoms with van der Waals surface area (Å²) in [5, 5.41) is 13.2. The van der Waals surface area contributed by atoms with Crippen LogP contribution in [0.5, 0.6) is 0 Å². The van der Waals surface area contributed by atoms with Crippen molar-refractivity contribution < 1.29 is 19.5 Å². The van der Waals surface area contributed by atoms with E-state index < -0.39 is 17.8 Å². The highest BCUT2D eigenvalue weighted by Crippen LogP contribution is 2.39. The first-order valence-electron chi connectivity index (χ1n) is 9.63. The molecule has 0 bridgehead atoms. The number of rotatable bonds is 3. The number of nitrogens with one attached hydrogen (secondary N) is 1. The smallest absolute Gasteiger partial charge is 0.339 e. The zero-order chi connectivity index (χ0) is 21.7. The van der Waals surface area contributed by atoms with Crippen molar-refractivity contribution in [3.05, 3.63) is 44.6 Å². The fraction of sp³-hybridized carbons (Fsp3) is 0.333. The number of nitrogens with zero attached hydrogens (tertiary/aromatic N) is 2. The molecule has 2 aromatic rings. The first-order chi connectivity index (χ1) is 14.2. The third-order valence-corrected chi connectivity index (χ3v) is 7.30. The number of aryl methyl sites for hydroxylation is 2. The zero-order valence-electron chi connectivity index (χ0n) is 16.9. The molecule has 0 unspecified atom stereocenters. The highest BCUT2D eigenvalue weighted by atomic mass is 32.1. The summed E-state index contributed by atoms with van der Waals surface area (Å²) >= 11 is 6.51. The summed E-state index contributed by atoms with van der Waals surface area (Å²) in [5.41, 5.74) is 3.61. The molecule has 2 N–H and O–H groups in total. The number of carboxylic acids is 1. The van der Waals surface area contributed by atoms with Crippen LogP contribution in [0.2, 0.25) is 0 Å². The number of amides is 2. The Morgan fingerprint density at radius 2 is 1.97 bits per heavy atom. The van der Waals surface area contributed by atoms with E-state index in [0.29, 0.717) is 16.1 Å². The lowest BCUT2D eigenvalue weighted by Crippen LogP contribution is -2.52. The number of carbonyl (C=O) groups excluding carboxylic acids is 2. The van der Waals surface area contributed by atoms with Crippen LogP contribution in [0.4, 0.5) is 0 Å². The number of likely N-dealkylation sites (N-methyl/N-ethyl adjacent to an activating group) is 1. The Labute approximate surface area is 183 Å². The SMILES string of the molecule is Cc1cc(/C=C2/C(=O)NC(=S)N(C)C2=O)c(C)n1-c1sc2c(c1C(=O)O)CCCC2. The Morgan fingerprint density at radius 1 is 1.27 bits per heavy atom. The minimum atomic E-state index is -0.922. The van der Waals surface area contributed by atoms with Gasteiger partial charge in [-0.05, 0) is 75.0 Å². The van der Waals surface area contributed by atoms with Crippen LogP contribution in [0, 0.1) is 13.8 Å². The molecule has 9 heteroatoms. The second kappa shape index (κ2) is 7.48. The van der Waals surface area contributed by atoms with Crippen molar-refractivity contribution in [1.29, 1.82) is 0 Å². The molecule has 30 heavy (non-hydrogen) atoms. The van der Waals surface area contributed by atoms with Crippen molar-refractivity contribution in [2.24, 2.45) is 0 Å². The highest BCUT2D eigenvalue weighted by Gasteiger charge is 2.32. The molecule has 7 nitrogen and oxygen atoms in total. The third kappa shape index (κ3) is 3.18. The van der Waals surface area contributed by atoms with Gasteiger partial charge in [0.05, 0.1) is 5.56 Å². The summed E-state index contributed by atoms with van der Waals surface area (Å²) in [5.74, 6) is -1.93. The standard InChI is InChI=1S/C21H21N3O4S2/c1-10-8-12(9-14-17(25)22-21(29)23(3)18(14)26)11(2)24(10)19-16(20(27)28)13-6-4-5-7-15(13)30-19/h8-9H,4-7H2,1-3H3,(H,27,28)(H,22,25,29)/b14-9-. The van der Waals surface area contributed by atoms with Gasteiger partial charge in [0, 0.05) is 23.3 Å². The summed E-state index contributed by atoms with van der Waals surface area (Å²) in [4.78, 5) is 39.3. The van der Waals surface area contributed by atoms with E-state index in [2.05, 4.69) is 5.32 Å². The molecule has 2 aromatic heterocycles. The maximum atomic E-state index is 12.5. The van der Waals surface area contributed by atoms with Gasteiger partial charge < -0.3 is 9.67 Å². The number of aromatic carboxylic acids is 1. The average Bonchev–Trinajstić information content (AvgIpc) is 3.20. The van der Waals surface area contributed by atoms with Crippen LogP contribution in [0.3, 0.4) is 0 Å². The molecular formula is C21H21N3O4S2. The molecule has 1 saturated heterocycles. The van der Waals surface area contributed by atoms with E-state index in [1.54, 1.807) is 6.08 Å². The van der Waals surface area contributed by atoms with Crippen molar-refractivity contribution >= 4 is 52.5 Å². The van der Waals surface area contributed by atoms with Gasteiger partial charge in [-0.15, -0.1) is 11.3 Å². The fourth-order valence-corrected chi connectivity index (χ4v) is 5.74. The second-order valence-electron chi connectivity index (χ2n) is 7.54. The molecule has 1 aliphatic carbocycles. The van der Waals surface area contributed by atoms with E-state index in [1.807, 2.05) is 24.5 Å². The molecule has 0 saturated carbocycles. The van der Waals surface area contributed by atoms with Gasteiger partial charge in [0.2, 0.25) is 0 Å². The van der Waals surface area contributed by atoms with Crippen LogP contribution < -0.4 is 5.32 Å². The van der Waals surface area contributed by atoms with Crippen molar-refractivity contribution in [3.8, 4) is 5.00 Å². The van der Waals surface area contributed by atoms with Crippen LogP contribution >= 0.6 is 23.6 Å². The molecule has 0 radical (unpaired) electrons. The molecule has 1 fully saturated rings. The number of fused-ring (bicyclic) bond motifs is 1. The number of aromatic nitrogens is 1. The van der Waals surface area contributed by atoms with Gasteiger partial charge in [0.15, 0.2) is 5.11 Å². The molecule has 2 aliphatic rings. The van der Waals surface area contributed by atoms with Crippen LogP contribution in [-0.4, -0.2) is 44.5 Å². The number of carboxylic acid groups (broad SMARTS) is 1. The van der Waals surface area contributed by atoms with Crippen LogP contribution in [-0.2, 0) is 22.4 Å². The molecule has 0 spiro atoms. The van der Waals surface area contributed by atoms with E-state index in [4.69, 9.17) is 12.2 Å². The highest BCUT2D eigenvalue weighted by molar-refractivity contribution is 7.80. The molecule has 1 aliphatic heterocycles. The Balaban J connectivity index is 1.84. The zero-order valence-corrected chi connectivity index (χ0v) is 18.5. The normalized spacial score (nSPS) is 18.0. The monoisotopic (exact) mass is 443 g/mol. The van der Waals surface area contributed by atoms with E-state index in [9.17, 15) is 19.5 Å². The summed E-state index contributed by atoms with van der Waals surface area (Å²) in [6, 6.07) is 1.86. The average molecular weight is 444 g/mol. The largest absolute Gasteiger partial charge is 0.478 e. The molecule has 4 rings (SSSR count). The quantitative estimate of drug-likeness (QED) is 0.432. The summed E-state index contributed by atoms with van der Waals surface area (Å²) in [6.45, 7) is 3.76. The van der Waals surface area contributed by atoms with Gasteiger partial charge in [-0.2, -0.15) is 0 Å². The number of thiocarbonyl (C=S) groups is 1. The first kappa shape index (κ1) is 20.5. The third-order valence-electron chi connectivity index (χ3n) is 5.64. The lowest BCUT2D eigenvalue weighted by atomic mass is 9.95. The van der Waals surface area contributed by atoms with E-state index >= 15 is 0 Å². The summed E-state index contributed by atoms with van der Waals surface area (Å²) in [6.07, 6.45) is 5.29. The Morgan fingerprint density at radius 3 is 2.67 bits per heavy atom. The lowest BCUT2D eigenvalue weighted by molar-refractivity contribution is -0.128. The van der Waals surface area contributed by atoms with Crippen LogP contribution in [0.25, 0.3) is 11.1 Å². The first-order valence-corrected chi connectivity index (χ1v) is 10.9. The molecular weight excluding hydrogens is 422 g/mol. The molecule has 3 heterocycles. The minimum Gasteiger partial charge on any atom is -0.478 e. The number of hydrogen-bond donors (Lipinski definition) is 2. The maximum absolute atomic E-state index is 12.5. The number of carbonyl (C=O) groups is 3. The predicted octanol–water partition coefficient (Wildman–Crippen LogP) is 2.99. The maximum Gasteiger partial charge on any atom is 0.339 e. The van der Waals surface area contributed by atoms with E-state index in [1.165, 1.54) is 23.3 Å². The molecule has 0 atom stereocenters. The van der Waals surface area contributed by atoms with Crippen LogP contribution in [0.15, 0.2) is 11.6 Å². The minimum absolute atomic E-state index is 0.00437. The predicted molar refractivity (Wildman–Crippen MR) is 118 cm³/mol. The van der Waals surface area contributed by atoms with Gasteiger partial charge in [0.1, 0.15) is 10.6 Å². The van der Waals surface area contributed by atoms with E-state index in [0.717, 1.165) is 47.5 Å². The van der Waals surface area contributed by atoms with Crippen molar-refractivity contribution in [2.75, 3.05) is 7.05 Å².